The van der Waals surface area contributed by atoms with Gasteiger partial charge in [0.15, 0.2) is 11.5 Å². The predicted octanol–water partition coefficient (Wildman–Crippen LogP) is 2.75. The summed E-state index contributed by atoms with van der Waals surface area (Å²) in [5.74, 6) is -0.480. The lowest BCUT2D eigenvalue weighted by Gasteiger charge is -2.16. The number of hydrogen-bond acceptors (Lipinski definition) is 7. The van der Waals surface area contributed by atoms with E-state index in [9.17, 15) is 14.7 Å². The Morgan fingerprint density at radius 2 is 2.25 bits per heavy atom. The zero-order valence-corrected chi connectivity index (χ0v) is 14.6. The molecule has 2 aliphatic rings. The van der Waals surface area contributed by atoms with Crippen molar-refractivity contribution in [2.75, 3.05) is 13.7 Å². The molecule has 1 aromatic carbocycles. The van der Waals surface area contributed by atoms with Crippen molar-refractivity contribution in [1.82, 2.24) is 4.90 Å². The summed E-state index contributed by atoms with van der Waals surface area (Å²) in [5, 5.41) is 11.8. The number of para-hydroxylation sites is 1. The highest BCUT2D eigenvalue weighted by molar-refractivity contribution is 8.21. The SMILES string of the molecule is CCOC(=O)C1=CS[C@@H]2S/C(=C\c3cccc(OC)c3O)C(=O)N12. The van der Waals surface area contributed by atoms with Gasteiger partial charge in [-0.15, -0.1) is 0 Å². The predicted molar refractivity (Wildman–Crippen MR) is 93.2 cm³/mol. The van der Waals surface area contributed by atoms with E-state index in [4.69, 9.17) is 9.47 Å². The molecule has 1 N–H and O–H groups in total. The van der Waals surface area contributed by atoms with Crippen molar-refractivity contribution >= 4 is 41.5 Å². The van der Waals surface area contributed by atoms with Gasteiger partial charge >= 0.3 is 5.97 Å². The van der Waals surface area contributed by atoms with Gasteiger partial charge in [0.1, 0.15) is 10.4 Å². The number of carbonyl (C=O) groups is 2. The van der Waals surface area contributed by atoms with Gasteiger partial charge in [0.2, 0.25) is 0 Å². The average molecular weight is 365 g/mol. The molecule has 1 atom stereocenters. The molecule has 8 heteroatoms. The van der Waals surface area contributed by atoms with E-state index in [1.54, 1.807) is 36.6 Å². The lowest BCUT2D eigenvalue weighted by molar-refractivity contribution is -0.142. The number of methoxy groups -OCH3 is 1. The third-order valence-electron chi connectivity index (χ3n) is 3.45. The monoisotopic (exact) mass is 365 g/mol. The molecular weight excluding hydrogens is 350 g/mol. The Bertz CT molecular complexity index is 759. The number of amides is 1. The van der Waals surface area contributed by atoms with E-state index in [1.165, 1.54) is 35.5 Å². The van der Waals surface area contributed by atoms with Crippen molar-refractivity contribution in [3.63, 3.8) is 0 Å². The van der Waals surface area contributed by atoms with E-state index in [1.807, 2.05) is 0 Å². The van der Waals surface area contributed by atoms with E-state index in [-0.39, 0.29) is 28.7 Å². The quantitative estimate of drug-likeness (QED) is 0.649. The number of phenolic OH excluding ortho intramolecular Hbond substituents is 1. The second kappa shape index (κ2) is 6.82. The van der Waals surface area contributed by atoms with Gasteiger partial charge in [-0.1, -0.05) is 35.7 Å². The first-order valence-electron chi connectivity index (χ1n) is 7.17. The molecular formula is C16H15NO5S2. The zero-order chi connectivity index (χ0) is 17.3. The minimum atomic E-state index is -0.507. The van der Waals surface area contributed by atoms with E-state index < -0.39 is 5.97 Å². The van der Waals surface area contributed by atoms with E-state index in [0.717, 1.165) is 0 Å². The molecule has 0 aromatic heterocycles. The van der Waals surface area contributed by atoms with Crippen LogP contribution in [-0.4, -0.2) is 40.3 Å². The standard InChI is InChI=1S/C16H15NO5S2/c1-3-22-15(20)10-8-23-16-17(10)14(19)12(24-16)7-9-5-4-6-11(21-2)13(9)18/h4-8,16,18H,3H2,1-2H3/b12-7-/t16-/m1/s1. The zero-order valence-electron chi connectivity index (χ0n) is 13.0. The van der Waals surface area contributed by atoms with Gasteiger partial charge in [-0.25, -0.2) is 4.79 Å². The first kappa shape index (κ1) is 16.8. The molecule has 1 fully saturated rings. The van der Waals surface area contributed by atoms with Crippen LogP contribution in [0.3, 0.4) is 0 Å². The molecule has 1 amide bonds. The molecule has 24 heavy (non-hydrogen) atoms. The van der Waals surface area contributed by atoms with Crippen LogP contribution in [0.1, 0.15) is 12.5 Å². The van der Waals surface area contributed by atoms with Gasteiger partial charge in [0.25, 0.3) is 5.91 Å². The van der Waals surface area contributed by atoms with E-state index in [2.05, 4.69) is 0 Å². The summed E-state index contributed by atoms with van der Waals surface area (Å²) in [6.45, 7) is 1.97. The molecule has 0 unspecified atom stereocenters. The Morgan fingerprint density at radius 3 is 2.96 bits per heavy atom. The normalized spacial score (nSPS) is 21.0. The number of fused-ring (bicyclic) bond motifs is 1. The largest absolute Gasteiger partial charge is 0.504 e. The number of aromatic hydroxyl groups is 1. The third kappa shape index (κ3) is 2.87. The van der Waals surface area contributed by atoms with Crippen LogP contribution in [0.2, 0.25) is 0 Å². The fourth-order valence-corrected chi connectivity index (χ4v) is 4.74. The van der Waals surface area contributed by atoms with Crippen LogP contribution in [0.4, 0.5) is 0 Å². The summed E-state index contributed by atoms with van der Waals surface area (Å²) < 4.78 is 9.83. The Morgan fingerprint density at radius 1 is 1.46 bits per heavy atom. The van der Waals surface area contributed by atoms with Gasteiger partial charge in [0.05, 0.1) is 18.6 Å². The molecule has 126 valence electrons. The summed E-state index contributed by atoms with van der Waals surface area (Å²) in [7, 11) is 1.46. The molecule has 0 aliphatic carbocycles. The highest BCUT2D eigenvalue weighted by atomic mass is 32.2. The van der Waals surface area contributed by atoms with Crippen molar-refractivity contribution in [2.24, 2.45) is 0 Å². The Kier molecular flexibility index (Phi) is 4.77. The van der Waals surface area contributed by atoms with Crippen molar-refractivity contribution in [1.29, 1.82) is 0 Å². The number of hydrogen-bond donors (Lipinski definition) is 1. The number of carbonyl (C=O) groups excluding carboxylic acids is 2. The number of thioether (sulfide) groups is 2. The fraction of sp³-hybridized carbons (Fsp3) is 0.250. The Labute approximate surface area is 147 Å². The average Bonchev–Trinajstić information content (AvgIpc) is 3.11. The first-order chi connectivity index (χ1) is 11.6. The molecule has 2 heterocycles. The van der Waals surface area contributed by atoms with Gasteiger partial charge < -0.3 is 14.6 Å². The van der Waals surface area contributed by atoms with Gasteiger partial charge in [-0.3, -0.25) is 9.69 Å². The van der Waals surface area contributed by atoms with Crippen molar-refractivity contribution in [3.8, 4) is 11.5 Å². The highest BCUT2D eigenvalue weighted by Gasteiger charge is 2.44. The summed E-state index contributed by atoms with van der Waals surface area (Å²) in [5.41, 5.74) is 0.737. The van der Waals surface area contributed by atoms with Crippen molar-refractivity contribution in [2.45, 2.75) is 11.6 Å². The van der Waals surface area contributed by atoms with Gasteiger partial charge in [-0.05, 0) is 19.1 Å². The Balaban J connectivity index is 1.88. The lowest BCUT2D eigenvalue weighted by Crippen LogP contribution is -2.30. The van der Waals surface area contributed by atoms with E-state index in [0.29, 0.717) is 16.2 Å². The molecule has 0 bridgehead atoms. The maximum Gasteiger partial charge on any atom is 0.355 e. The van der Waals surface area contributed by atoms with E-state index >= 15 is 0 Å². The Hall–Kier alpha value is -2.06. The minimum Gasteiger partial charge on any atom is -0.504 e. The number of benzene rings is 1. The molecule has 0 spiro atoms. The summed E-state index contributed by atoms with van der Waals surface area (Å²) in [6.07, 6.45) is 1.60. The second-order valence-electron chi connectivity index (χ2n) is 4.87. The minimum absolute atomic E-state index is 0.0261. The number of esters is 1. The second-order valence-corrected chi connectivity index (χ2v) is 7.24. The smallest absolute Gasteiger partial charge is 0.355 e. The lowest BCUT2D eigenvalue weighted by atomic mass is 10.1. The van der Waals surface area contributed by atoms with Crippen LogP contribution < -0.4 is 4.74 Å². The van der Waals surface area contributed by atoms with Gasteiger partial charge in [0, 0.05) is 11.0 Å². The first-order valence-corrected chi connectivity index (χ1v) is 8.99. The molecule has 1 saturated heterocycles. The highest BCUT2D eigenvalue weighted by Crippen LogP contribution is 2.49. The molecule has 0 saturated carbocycles. The van der Waals surface area contributed by atoms with Crippen LogP contribution >= 0.6 is 23.5 Å². The molecule has 0 radical (unpaired) electrons. The fourth-order valence-electron chi connectivity index (χ4n) is 2.33. The van der Waals surface area contributed by atoms with Crippen LogP contribution in [0.5, 0.6) is 11.5 Å². The number of nitrogens with zero attached hydrogens (tertiary/aromatic N) is 1. The van der Waals surface area contributed by atoms with Crippen LogP contribution in [0.15, 0.2) is 34.2 Å². The van der Waals surface area contributed by atoms with Gasteiger partial charge in [-0.2, -0.15) is 0 Å². The molecule has 1 aromatic rings. The topological polar surface area (TPSA) is 76.1 Å². The molecule has 3 rings (SSSR count). The molecule has 2 aliphatic heterocycles. The third-order valence-corrected chi connectivity index (χ3v) is 5.83. The number of rotatable bonds is 4. The summed E-state index contributed by atoms with van der Waals surface area (Å²) in [6, 6.07) is 5.06. The van der Waals surface area contributed by atoms with Crippen LogP contribution in [0, 0.1) is 0 Å². The number of phenols is 1. The maximum atomic E-state index is 12.6. The van der Waals surface area contributed by atoms with Crippen molar-refractivity contribution in [3.05, 3.63) is 39.8 Å². The maximum absolute atomic E-state index is 12.6. The summed E-state index contributed by atoms with van der Waals surface area (Å²) in [4.78, 5) is 26.5. The summed E-state index contributed by atoms with van der Waals surface area (Å²) >= 11 is 2.72. The van der Waals surface area contributed by atoms with Crippen LogP contribution in [-0.2, 0) is 14.3 Å². The molecule has 6 nitrogen and oxygen atoms in total. The van der Waals surface area contributed by atoms with Crippen LogP contribution in [0.25, 0.3) is 6.08 Å². The number of ether oxygens (including phenoxy) is 2. The van der Waals surface area contributed by atoms with Crippen molar-refractivity contribution < 1.29 is 24.2 Å².